The Labute approximate surface area is 90.1 Å². The van der Waals surface area contributed by atoms with Gasteiger partial charge in [-0.25, -0.2) is 4.39 Å². The molecule has 2 N–H and O–H groups in total. The first kappa shape index (κ1) is 11.3. The van der Waals surface area contributed by atoms with E-state index < -0.39 is 5.82 Å². The number of ether oxygens (including phenoxy) is 2. The zero-order valence-corrected chi connectivity index (χ0v) is 9.52. The largest absolute Gasteiger partial charge is 0.492 e. The number of nitrogens with two attached hydrogens (primary N) is 1. The third-order valence-corrected chi connectivity index (χ3v) is 2.44. The van der Waals surface area contributed by atoms with E-state index in [0.717, 1.165) is 0 Å². The molecule has 78 valence electrons. The van der Waals surface area contributed by atoms with Crippen LogP contribution in [0.4, 0.5) is 4.39 Å². The van der Waals surface area contributed by atoms with E-state index in [9.17, 15) is 4.39 Å². The van der Waals surface area contributed by atoms with Gasteiger partial charge in [0.15, 0.2) is 11.5 Å². The molecule has 0 aliphatic carbocycles. The van der Waals surface area contributed by atoms with Crippen molar-refractivity contribution in [2.75, 3.05) is 14.2 Å². The molecule has 0 aliphatic heterocycles. The van der Waals surface area contributed by atoms with Crippen molar-refractivity contribution < 1.29 is 13.9 Å². The summed E-state index contributed by atoms with van der Waals surface area (Å²) >= 11 is 3.18. The van der Waals surface area contributed by atoms with E-state index in [2.05, 4.69) is 15.9 Å². The Kier molecular flexibility index (Phi) is 3.71. The maximum atomic E-state index is 13.4. The Morgan fingerprint density at radius 3 is 2.36 bits per heavy atom. The minimum Gasteiger partial charge on any atom is -0.492 e. The molecule has 0 saturated heterocycles. The lowest BCUT2D eigenvalue weighted by molar-refractivity contribution is 0.346. The smallest absolute Gasteiger partial charge is 0.175 e. The molecule has 0 amide bonds. The van der Waals surface area contributed by atoms with Gasteiger partial charge in [0, 0.05) is 12.1 Å². The van der Waals surface area contributed by atoms with Gasteiger partial charge in [0.25, 0.3) is 0 Å². The van der Waals surface area contributed by atoms with Crippen LogP contribution in [0.15, 0.2) is 10.5 Å². The molecule has 0 unspecified atom stereocenters. The van der Waals surface area contributed by atoms with Crippen LogP contribution in [0.2, 0.25) is 0 Å². The van der Waals surface area contributed by atoms with Gasteiger partial charge in [-0.05, 0) is 22.0 Å². The zero-order valence-electron chi connectivity index (χ0n) is 7.93. The Morgan fingerprint density at radius 2 is 1.93 bits per heavy atom. The second-order valence-corrected chi connectivity index (χ2v) is 3.44. The van der Waals surface area contributed by atoms with Crippen molar-refractivity contribution in [1.29, 1.82) is 0 Å². The third kappa shape index (κ3) is 1.83. The predicted molar refractivity (Wildman–Crippen MR) is 55.1 cm³/mol. The lowest BCUT2D eigenvalue weighted by Crippen LogP contribution is -2.05. The van der Waals surface area contributed by atoms with Crippen molar-refractivity contribution in [2.45, 2.75) is 6.54 Å². The van der Waals surface area contributed by atoms with Crippen LogP contribution < -0.4 is 15.2 Å². The highest BCUT2D eigenvalue weighted by Gasteiger charge is 2.17. The average Bonchev–Trinajstić information content (AvgIpc) is 2.16. The van der Waals surface area contributed by atoms with Gasteiger partial charge in [0.2, 0.25) is 0 Å². The first-order valence-electron chi connectivity index (χ1n) is 3.94. The van der Waals surface area contributed by atoms with Crippen LogP contribution >= 0.6 is 15.9 Å². The number of benzene rings is 1. The van der Waals surface area contributed by atoms with Crippen LogP contribution in [0, 0.1) is 5.82 Å². The number of hydrogen-bond donors (Lipinski definition) is 1. The lowest BCUT2D eigenvalue weighted by Gasteiger charge is -2.13. The van der Waals surface area contributed by atoms with Crippen molar-refractivity contribution >= 4 is 15.9 Å². The van der Waals surface area contributed by atoms with E-state index in [-0.39, 0.29) is 6.54 Å². The number of methoxy groups -OCH3 is 2. The first-order chi connectivity index (χ1) is 6.65. The molecular formula is C9H11BrFNO2. The molecule has 3 nitrogen and oxygen atoms in total. The minimum atomic E-state index is -0.406. The molecule has 5 heteroatoms. The van der Waals surface area contributed by atoms with Crippen molar-refractivity contribution in [2.24, 2.45) is 5.73 Å². The third-order valence-electron chi connectivity index (χ3n) is 1.85. The summed E-state index contributed by atoms with van der Waals surface area (Å²) in [5.41, 5.74) is 5.72. The number of hydrogen-bond acceptors (Lipinski definition) is 3. The van der Waals surface area contributed by atoms with Crippen LogP contribution in [0.3, 0.4) is 0 Å². The fraction of sp³-hybridized carbons (Fsp3) is 0.333. The summed E-state index contributed by atoms with van der Waals surface area (Å²) in [5.74, 6) is 0.383. The van der Waals surface area contributed by atoms with Crippen LogP contribution in [0.1, 0.15) is 5.56 Å². The quantitative estimate of drug-likeness (QED) is 0.908. The van der Waals surface area contributed by atoms with Crippen LogP contribution in [0.25, 0.3) is 0 Å². The molecule has 14 heavy (non-hydrogen) atoms. The van der Waals surface area contributed by atoms with Crippen molar-refractivity contribution in [3.05, 3.63) is 21.9 Å². The van der Waals surface area contributed by atoms with Gasteiger partial charge in [-0.15, -0.1) is 0 Å². The van der Waals surface area contributed by atoms with Gasteiger partial charge in [-0.2, -0.15) is 0 Å². The van der Waals surface area contributed by atoms with E-state index in [0.29, 0.717) is 21.5 Å². The second-order valence-electron chi connectivity index (χ2n) is 2.59. The second kappa shape index (κ2) is 4.61. The summed E-state index contributed by atoms with van der Waals surface area (Å²) in [5, 5.41) is 0. The first-order valence-corrected chi connectivity index (χ1v) is 4.73. The van der Waals surface area contributed by atoms with Gasteiger partial charge < -0.3 is 15.2 Å². The minimum absolute atomic E-state index is 0.0681. The van der Waals surface area contributed by atoms with E-state index in [1.807, 2.05) is 0 Å². The Bertz CT molecular complexity index is 316. The van der Waals surface area contributed by atoms with Gasteiger partial charge in [-0.3, -0.25) is 0 Å². The summed E-state index contributed by atoms with van der Waals surface area (Å²) in [6.07, 6.45) is 0. The predicted octanol–water partition coefficient (Wildman–Crippen LogP) is 2.06. The summed E-state index contributed by atoms with van der Waals surface area (Å²) in [4.78, 5) is 0. The molecule has 0 spiro atoms. The molecule has 0 fully saturated rings. The van der Waals surface area contributed by atoms with E-state index in [4.69, 9.17) is 15.2 Å². The molecule has 1 rings (SSSR count). The lowest BCUT2D eigenvalue weighted by atomic mass is 10.1. The maximum Gasteiger partial charge on any atom is 0.175 e. The summed E-state index contributed by atoms with van der Waals surface area (Å²) in [6.45, 7) is 0.0681. The Hall–Kier alpha value is -0.810. The fourth-order valence-corrected chi connectivity index (χ4v) is 1.76. The standard InChI is InChI=1S/C9H11BrFNO2/c1-13-8-5(4-12)7(11)3-6(10)9(8)14-2/h3H,4,12H2,1-2H3. The fourth-order valence-electron chi connectivity index (χ4n) is 1.21. The number of halogens is 2. The molecule has 0 aromatic heterocycles. The molecule has 1 aromatic rings. The van der Waals surface area contributed by atoms with E-state index >= 15 is 0 Å². The van der Waals surface area contributed by atoms with Crippen molar-refractivity contribution in [3.63, 3.8) is 0 Å². The van der Waals surface area contributed by atoms with Gasteiger partial charge in [-0.1, -0.05) is 0 Å². The normalized spacial score (nSPS) is 10.1. The highest BCUT2D eigenvalue weighted by molar-refractivity contribution is 9.10. The highest BCUT2D eigenvalue weighted by atomic mass is 79.9. The Balaban J connectivity index is 3.43. The SMILES string of the molecule is COc1c(Br)cc(F)c(CN)c1OC. The van der Waals surface area contributed by atoms with Gasteiger partial charge in [0.05, 0.1) is 18.7 Å². The van der Waals surface area contributed by atoms with Crippen LogP contribution in [0.5, 0.6) is 11.5 Å². The van der Waals surface area contributed by atoms with E-state index in [1.54, 1.807) is 0 Å². The van der Waals surface area contributed by atoms with Gasteiger partial charge >= 0.3 is 0 Å². The van der Waals surface area contributed by atoms with E-state index in [1.165, 1.54) is 20.3 Å². The maximum absolute atomic E-state index is 13.4. The molecule has 0 bridgehead atoms. The topological polar surface area (TPSA) is 44.5 Å². The summed E-state index contributed by atoms with van der Waals surface area (Å²) in [7, 11) is 2.93. The van der Waals surface area contributed by atoms with Crippen LogP contribution in [-0.2, 0) is 6.54 Å². The van der Waals surface area contributed by atoms with Crippen molar-refractivity contribution in [3.8, 4) is 11.5 Å². The summed E-state index contributed by atoms with van der Waals surface area (Å²) < 4.78 is 24.0. The average molecular weight is 264 g/mol. The summed E-state index contributed by atoms with van der Waals surface area (Å²) in [6, 6.07) is 1.31. The molecule has 0 saturated carbocycles. The number of rotatable bonds is 3. The van der Waals surface area contributed by atoms with Crippen LogP contribution in [-0.4, -0.2) is 14.2 Å². The molecule has 1 aromatic carbocycles. The zero-order chi connectivity index (χ0) is 10.7. The molecule has 0 radical (unpaired) electrons. The highest BCUT2D eigenvalue weighted by Crippen LogP contribution is 2.39. The monoisotopic (exact) mass is 263 g/mol. The molecule has 0 aliphatic rings. The molecule has 0 atom stereocenters. The van der Waals surface area contributed by atoms with Crippen molar-refractivity contribution in [1.82, 2.24) is 0 Å². The molecule has 0 heterocycles. The Morgan fingerprint density at radius 1 is 1.36 bits per heavy atom. The molecular weight excluding hydrogens is 253 g/mol. The van der Waals surface area contributed by atoms with Gasteiger partial charge in [0.1, 0.15) is 5.82 Å².